The lowest BCUT2D eigenvalue weighted by atomic mass is 10.1. The van der Waals surface area contributed by atoms with Gasteiger partial charge in [0.1, 0.15) is 0 Å². The zero-order chi connectivity index (χ0) is 17.5. The van der Waals surface area contributed by atoms with Gasteiger partial charge in [0.2, 0.25) is 5.91 Å². The van der Waals surface area contributed by atoms with Crippen LogP contribution in [0.2, 0.25) is 0 Å². The largest absolute Gasteiger partial charge is 0.350 e. The van der Waals surface area contributed by atoms with Crippen LogP contribution in [0.4, 0.5) is 0 Å². The van der Waals surface area contributed by atoms with Crippen molar-refractivity contribution in [1.29, 1.82) is 0 Å². The molecular weight excluding hydrogens is 368 g/mol. The van der Waals surface area contributed by atoms with E-state index >= 15 is 0 Å². The van der Waals surface area contributed by atoms with E-state index in [0.717, 1.165) is 15.6 Å². The maximum atomic E-state index is 12.2. The van der Waals surface area contributed by atoms with Crippen molar-refractivity contribution in [3.05, 3.63) is 69.7 Å². The van der Waals surface area contributed by atoms with E-state index in [1.54, 1.807) is 17.9 Å². The van der Waals surface area contributed by atoms with Crippen molar-refractivity contribution in [3.63, 3.8) is 0 Å². The summed E-state index contributed by atoms with van der Waals surface area (Å²) in [5.41, 5.74) is 2.86. The number of hydrogen-bond acceptors (Lipinski definition) is 2. The Balaban J connectivity index is 1.93. The molecule has 0 saturated heterocycles. The van der Waals surface area contributed by atoms with E-state index in [2.05, 4.69) is 21.2 Å². The summed E-state index contributed by atoms with van der Waals surface area (Å²) in [6.07, 6.45) is 0. The second-order valence-corrected chi connectivity index (χ2v) is 6.46. The highest BCUT2D eigenvalue weighted by molar-refractivity contribution is 9.10. The summed E-state index contributed by atoms with van der Waals surface area (Å²) in [4.78, 5) is 25.8. The van der Waals surface area contributed by atoms with Gasteiger partial charge in [0.25, 0.3) is 5.91 Å². The number of aryl methyl sites for hydroxylation is 1. The maximum Gasteiger partial charge on any atom is 0.252 e. The molecule has 0 unspecified atom stereocenters. The third-order valence-corrected chi connectivity index (χ3v) is 4.55. The van der Waals surface area contributed by atoms with Crippen LogP contribution in [0, 0.1) is 6.92 Å². The molecule has 0 saturated carbocycles. The number of halogens is 1. The molecule has 0 aliphatic rings. The first-order chi connectivity index (χ1) is 11.5. The van der Waals surface area contributed by atoms with Crippen molar-refractivity contribution in [1.82, 2.24) is 10.2 Å². The topological polar surface area (TPSA) is 49.4 Å². The van der Waals surface area contributed by atoms with Gasteiger partial charge in [-0.3, -0.25) is 9.59 Å². The van der Waals surface area contributed by atoms with E-state index in [1.165, 1.54) is 0 Å². The van der Waals surface area contributed by atoms with Gasteiger partial charge in [0, 0.05) is 31.0 Å². The van der Waals surface area contributed by atoms with Crippen LogP contribution in [0.1, 0.15) is 28.4 Å². The molecule has 2 amide bonds. The molecule has 0 aliphatic carbocycles. The number of rotatable bonds is 6. The zero-order valence-corrected chi connectivity index (χ0v) is 15.5. The van der Waals surface area contributed by atoms with Crippen LogP contribution < -0.4 is 5.32 Å². The smallest absolute Gasteiger partial charge is 0.252 e. The minimum absolute atomic E-state index is 0.00612. The van der Waals surface area contributed by atoms with Crippen LogP contribution in [-0.4, -0.2) is 29.8 Å². The molecule has 0 aliphatic heterocycles. The fraction of sp³-hybridized carbons (Fsp3) is 0.263. The number of benzene rings is 2. The SMILES string of the molecule is CC(=O)N(CCNC(=O)c1ccccc1Br)Cc1ccccc1C. The van der Waals surface area contributed by atoms with E-state index in [0.29, 0.717) is 25.2 Å². The Hall–Kier alpha value is -2.14. The van der Waals surface area contributed by atoms with Crippen LogP contribution in [0.25, 0.3) is 0 Å². The Bertz CT molecular complexity index is 731. The predicted octanol–water partition coefficient (Wildman–Crippen LogP) is 3.54. The molecule has 24 heavy (non-hydrogen) atoms. The summed E-state index contributed by atoms with van der Waals surface area (Å²) in [5, 5.41) is 2.86. The van der Waals surface area contributed by atoms with Gasteiger partial charge in [-0.15, -0.1) is 0 Å². The summed E-state index contributed by atoms with van der Waals surface area (Å²) in [7, 11) is 0. The van der Waals surface area contributed by atoms with E-state index < -0.39 is 0 Å². The number of nitrogens with zero attached hydrogens (tertiary/aromatic N) is 1. The zero-order valence-electron chi connectivity index (χ0n) is 13.9. The Labute approximate surface area is 151 Å². The highest BCUT2D eigenvalue weighted by atomic mass is 79.9. The standard InChI is InChI=1S/C19H21BrN2O2/c1-14-7-3-4-8-16(14)13-22(15(2)23)12-11-21-19(24)17-9-5-6-10-18(17)20/h3-10H,11-13H2,1-2H3,(H,21,24). The fourth-order valence-electron chi connectivity index (χ4n) is 2.39. The molecule has 0 heterocycles. The molecule has 0 fully saturated rings. The molecule has 0 radical (unpaired) electrons. The number of amides is 2. The summed E-state index contributed by atoms with van der Waals surface area (Å²) in [5.74, 6) is -0.157. The van der Waals surface area contributed by atoms with Gasteiger partial charge in [-0.1, -0.05) is 36.4 Å². The Kier molecular flexibility index (Phi) is 6.55. The average Bonchev–Trinajstić information content (AvgIpc) is 2.55. The van der Waals surface area contributed by atoms with Crippen LogP contribution in [0.3, 0.4) is 0 Å². The van der Waals surface area contributed by atoms with Gasteiger partial charge in [0.15, 0.2) is 0 Å². The maximum absolute atomic E-state index is 12.2. The number of carbonyl (C=O) groups excluding carboxylic acids is 2. The van der Waals surface area contributed by atoms with Crippen LogP contribution in [-0.2, 0) is 11.3 Å². The van der Waals surface area contributed by atoms with Gasteiger partial charge in [-0.2, -0.15) is 0 Å². The summed E-state index contributed by atoms with van der Waals surface area (Å²) >= 11 is 3.37. The minimum atomic E-state index is -0.151. The Morgan fingerprint density at radius 2 is 1.75 bits per heavy atom. The van der Waals surface area contributed by atoms with Crippen molar-refractivity contribution in [2.45, 2.75) is 20.4 Å². The third kappa shape index (κ3) is 4.93. The number of carbonyl (C=O) groups is 2. The number of hydrogen-bond donors (Lipinski definition) is 1. The minimum Gasteiger partial charge on any atom is -0.350 e. The summed E-state index contributed by atoms with van der Waals surface area (Å²) in [6.45, 7) is 5.01. The monoisotopic (exact) mass is 388 g/mol. The molecule has 0 spiro atoms. The van der Waals surface area contributed by atoms with E-state index in [9.17, 15) is 9.59 Å². The highest BCUT2D eigenvalue weighted by Crippen LogP contribution is 2.15. The van der Waals surface area contributed by atoms with Gasteiger partial charge in [0.05, 0.1) is 5.56 Å². The molecule has 0 atom stereocenters. The van der Waals surface area contributed by atoms with Crippen molar-refractivity contribution in [2.75, 3.05) is 13.1 Å². The quantitative estimate of drug-likeness (QED) is 0.822. The average molecular weight is 389 g/mol. The van der Waals surface area contributed by atoms with Crippen molar-refractivity contribution < 1.29 is 9.59 Å². The Morgan fingerprint density at radius 1 is 1.08 bits per heavy atom. The summed E-state index contributed by atoms with van der Waals surface area (Å²) in [6, 6.07) is 15.3. The lowest BCUT2D eigenvalue weighted by molar-refractivity contribution is -0.129. The first kappa shape index (κ1) is 18.2. The predicted molar refractivity (Wildman–Crippen MR) is 98.7 cm³/mol. The molecule has 0 bridgehead atoms. The normalized spacial score (nSPS) is 10.3. The van der Waals surface area contributed by atoms with Gasteiger partial charge in [-0.05, 0) is 46.1 Å². The third-order valence-electron chi connectivity index (χ3n) is 3.85. The molecule has 5 heteroatoms. The van der Waals surface area contributed by atoms with E-state index in [4.69, 9.17) is 0 Å². The Morgan fingerprint density at radius 3 is 2.42 bits per heavy atom. The molecule has 1 N–H and O–H groups in total. The lowest BCUT2D eigenvalue weighted by Gasteiger charge is -2.22. The lowest BCUT2D eigenvalue weighted by Crippen LogP contribution is -2.37. The van der Waals surface area contributed by atoms with Crippen LogP contribution in [0.5, 0.6) is 0 Å². The molecule has 2 aromatic rings. The first-order valence-corrected chi connectivity index (χ1v) is 8.61. The molecular formula is C19H21BrN2O2. The van der Waals surface area contributed by atoms with Gasteiger partial charge < -0.3 is 10.2 Å². The van der Waals surface area contributed by atoms with Crippen LogP contribution in [0.15, 0.2) is 53.0 Å². The molecule has 126 valence electrons. The van der Waals surface area contributed by atoms with E-state index in [-0.39, 0.29) is 11.8 Å². The van der Waals surface area contributed by atoms with Gasteiger partial charge >= 0.3 is 0 Å². The van der Waals surface area contributed by atoms with Gasteiger partial charge in [-0.25, -0.2) is 0 Å². The fourth-order valence-corrected chi connectivity index (χ4v) is 2.85. The van der Waals surface area contributed by atoms with E-state index in [1.807, 2.05) is 49.4 Å². The molecule has 2 rings (SSSR count). The van der Waals surface area contributed by atoms with Crippen molar-refractivity contribution in [2.24, 2.45) is 0 Å². The highest BCUT2D eigenvalue weighted by Gasteiger charge is 2.12. The van der Waals surface area contributed by atoms with Crippen molar-refractivity contribution >= 4 is 27.7 Å². The molecule has 0 aromatic heterocycles. The second kappa shape index (κ2) is 8.64. The molecule has 4 nitrogen and oxygen atoms in total. The second-order valence-electron chi connectivity index (χ2n) is 5.60. The first-order valence-electron chi connectivity index (χ1n) is 7.82. The number of nitrogens with one attached hydrogen (secondary N) is 1. The van der Waals surface area contributed by atoms with Crippen LogP contribution >= 0.6 is 15.9 Å². The summed E-state index contributed by atoms with van der Waals surface area (Å²) < 4.78 is 0.755. The molecule has 2 aromatic carbocycles. The van der Waals surface area contributed by atoms with Crippen molar-refractivity contribution in [3.8, 4) is 0 Å².